The highest BCUT2D eigenvalue weighted by Crippen LogP contribution is 2.30. The lowest BCUT2D eigenvalue weighted by Crippen LogP contribution is -2.40. The quantitative estimate of drug-likeness (QED) is 0.822. The summed E-state index contributed by atoms with van der Waals surface area (Å²) in [6, 6.07) is 10.2. The van der Waals surface area contributed by atoms with Crippen LogP contribution in [0.2, 0.25) is 0 Å². The molecule has 0 aromatic heterocycles. The van der Waals surface area contributed by atoms with E-state index in [2.05, 4.69) is 17.4 Å². The summed E-state index contributed by atoms with van der Waals surface area (Å²) in [5, 5.41) is 3.25. The lowest BCUT2D eigenvalue weighted by molar-refractivity contribution is -0.146. The molecule has 17 heavy (non-hydrogen) atoms. The summed E-state index contributed by atoms with van der Waals surface area (Å²) in [5.41, 5.74) is 1.24. The van der Waals surface area contributed by atoms with Crippen molar-refractivity contribution < 1.29 is 9.53 Å². The van der Waals surface area contributed by atoms with Crippen molar-refractivity contribution in [1.82, 2.24) is 5.32 Å². The predicted octanol–water partition coefficient (Wildman–Crippen LogP) is 1.97. The molecule has 2 atom stereocenters. The molecule has 1 fully saturated rings. The Morgan fingerprint density at radius 3 is 2.71 bits per heavy atom. The molecule has 0 saturated carbocycles. The summed E-state index contributed by atoms with van der Waals surface area (Å²) >= 11 is 0. The number of piperidine rings is 1. The Morgan fingerprint density at radius 1 is 1.35 bits per heavy atom. The van der Waals surface area contributed by atoms with Crippen LogP contribution in [0.5, 0.6) is 0 Å². The second-order valence-corrected chi connectivity index (χ2v) is 4.14. The fourth-order valence-corrected chi connectivity index (χ4v) is 2.36. The maximum absolute atomic E-state index is 11.7. The molecule has 1 aliphatic heterocycles. The zero-order valence-electron chi connectivity index (χ0n) is 9.89. The summed E-state index contributed by atoms with van der Waals surface area (Å²) < 4.78 is 4.86. The molecule has 0 radical (unpaired) electrons. The van der Waals surface area contributed by atoms with Crippen LogP contribution in [0.3, 0.4) is 0 Å². The van der Waals surface area contributed by atoms with Gasteiger partial charge in [-0.2, -0.15) is 0 Å². The zero-order valence-corrected chi connectivity index (χ0v) is 10.7. The number of carbonyl (C=O) groups is 1. The minimum absolute atomic E-state index is 0. The van der Waals surface area contributed by atoms with Crippen LogP contribution in [-0.4, -0.2) is 26.2 Å². The van der Waals surface area contributed by atoms with Gasteiger partial charge in [0, 0.05) is 6.54 Å². The number of hydrogen-bond acceptors (Lipinski definition) is 3. The molecule has 1 heterocycles. The van der Waals surface area contributed by atoms with Gasteiger partial charge in [-0.1, -0.05) is 30.3 Å². The number of methoxy groups -OCH3 is 1. The molecule has 1 aromatic rings. The van der Waals surface area contributed by atoms with Gasteiger partial charge < -0.3 is 10.1 Å². The van der Waals surface area contributed by atoms with E-state index >= 15 is 0 Å². The van der Waals surface area contributed by atoms with Gasteiger partial charge in [-0.05, 0) is 24.4 Å². The molecular weight excluding hydrogens is 238 g/mol. The van der Waals surface area contributed by atoms with Gasteiger partial charge in [0.1, 0.15) is 0 Å². The summed E-state index contributed by atoms with van der Waals surface area (Å²) in [6.07, 6.45) is 0.990. The first-order chi connectivity index (χ1) is 7.83. The highest BCUT2D eigenvalue weighted by atomic mass is 35.5. The fourth-order valence-electron chi connectivity index (χ4n) is 2.36. The molecule has 1 aliphatic rings. The molecule has 1 N–H and O–H groups in total. The maximum Gasteiger partial charge on any atom is 0.310 e. The van der Waals surface area contributed by atoms with Gasteiger partial charge in [0.2, 0.25) is 0 Å². The first-order valence-electron chi connectivity index (χ1n) is 5.66. The second kappa shape index (κ2) is 6.62. The van der Waals surface area contributed by atoms with Gasteiger partial charge in [-0.25, -0.2) is 0 Å². The monoisotopic (exact) mass is 255 g/mol. The highest BCUT2D eigenvalue weighted by molar-refractivity contribution is 5.85. The van der Waals surface area contributed by atoms with Gasteiger partial charge in [-0.15, -0.1) is 12.4 Å². The molecule has 2 rings (SSSR count). The largest absolute Gasteiger partial charge is 0.469 e. The van der Waals surface area contributed by atoms with Crippen LogP contribution in [0, 0.1) is 5.92 Å². The maximum atomic E-state index is 11.7. The average Bonchev–Trinajstić information content (AvgIpc) is 2.39. The SMILES string of the molecule is COC(=O)C1CNCCC1c1ccccc1.Cl. The molecule has 1 saturated heterocycles. The van der Waals surface area contributed by atoms with E-state index in [-0.39, 0.29) is 30.2 Å². The van der Waals surface area contributed by atoms with Gasteiger partial charge in [0.25, 0.3) is 0 Å². The summed E-state index contributed by atoms with van der Waals surface area (Å²) in [5.74, 6) is 0.122. The summed E-state index contributed by atoms with van der Waals surface area (Å²) in [7, 11) is 1.46. The van der Waals surface area contributed by atoms with Crippen LogP contribution < -0.4 is 5.32 Å². The van der Waals surface area contributed by atoms with Crippen molar-refractivity contribution in [3.8, 4) is 0 Å². The van der Waals surface area contributed by atoms with Crippen molar-refractivity contribution in [2.75, 3.05) is 20.2 Å². The number of hydrogen-bond donors (Lipinski definition) is 1. The van der Waals surface area contributed by atoms with Crippen molar-refractivity contribution >= 4 is 18.4 Å². The van der Waals surface area contributed by atoms with Crippen LogP contribution in [0.25, 0.3) is 0 Å². The van der Waals surface area contributed by atoms with E-state index < -0.39 is 0 Å². The summed E-state index contributed by atoms with van der Waals surface area (Å²) in [4.78, 5) is 11.7. The highest BCUT2D eigenvalue weighted by Gasteiger charge is 2.32. The van der Waals surface area contributed by atoms with Crippen LogP contribution in [-0.2, 0) is 9.53 Å². The minimum atomic E-state index is -0.110. The Bertz CT molecular complexity index is 356. The van der Waals surface area contributed by atoms with Crippen molar-refractivity contribution in [1.29, 1.82) is 0 Å². The van der Waals surface area contributed by atoms with Gasteiger partial charge >= 0.3 is 5.97 Å². The second-order valence-electron chi connectivity index (χ2n) is 4.14. The first kappa shape index (κ1) is 14.0. The topological polar surface area (TPSA) is 38.3 Å². The smallest absolute Gasteiger partial charge is 0.310 e. The number of nitrogens with one attached hydrogen (secondary N) is 1. The number of ether oxygens (including phenoxy) is 1. The molecule has 0 amide bonds. The predicted molar refractivity (Wildman–Crippen MR) is 69.4 cm³/mol. The minimum Gasteiger partial charge on any atom is -0.469 e. The fraction of sp³-hybridized carbons (Fsp3) is 0.462. The van der Waals surface area contributed by atoms with E-state index in [9.17, 15) is 4.79 Å². The lowest BCUT2D eigenvalue weighted by Gasteiger charge is -2.30. The van der Waals surface area contributed by atoms with Crippen molar-refractivity contribution in [3.63, 3.8) is 0 Å². The standard InChI is InChI=1S/C13H17NO2.ClH/c1-16-13(15)12-9-14-8-7-11(12)10-5-3-2-4-6-10;/h2-6,11-12,14H,7-9H2,1H3;1H. The third kappa shape index (κ3) is 3.20. The van der Waals surface area contributed by atoms with Crippen molar-refractivity contribution in [2.24, 2.45) is 5.92 Å². The van der Waals surface area contributed by atoms with Crippen LogP contribution in [0.15, 0.2) is 30.3 Å². The van der Waals surface area contributed by atoms with E-state index in [1.807, 2.05) is 18.2 Å². The number of benzene rings is 1. The Hall–Kier alpha value is -1.06. The number of esters is 1. The normalized spacial score (nSPS) is 23.6. The van der Waals surface area contributed by atoms with Crippen LogP contribution in [0.1, 0.15) is 17.9 Å². The molecule has 3 nitrogen and oxygen atoms in total. The van der Waals surface area contributed by atoms with E-state index in [4.69, 9.17) is 4.74 Å². The van der Waals surface area contributed by atoms with Crippen molar-refractivity contribution in [3.05, 3.63) is 35.9 Å². The number of rotatable bonds is 2. The Labute approximate surface area is 108 Å². The summed E-state index contributed by atoms with van der Waals surface area (Å²) in [6.45, 7) is 1.68. The molecule has 1 aromatic carbocycles. The third-order valence-corrected chi connectivity index (χ3v) is 3.21. The Morgan fingerprint density at radius 2 is 2.06 bits per heavy atom. The van der Waals surface area contributed by atoms with Crippen LogP contribution >= 0.6 is 12.4 Å². The van der Waals surface area contributed by atoms with Gasteiger partial charge in [-0.3, -0.25) is 4.79 Å². The molecule has 94 valence electrons. The molecule has 4 heteroatoms. The van der Waals surface area contributed by atoms with Gasteiger partial charge in [0.15, 0.2) is 0 Å². The van der Waals surface area contributed by atoms with E-state index in [0.29, 0.717) is 6.54 Å². The first-order valence-corrected chi connectivity index (χ1v) is 5.66. The number of halogens is 1. The Kier molecular flexibility index (Phi) is 5.45. The molecule has 0 aliphatic carbocycles. The zero-order chi connectivity index (χ0) is 11.4. The molecule has 0 spiro atoms. The average molecular weight is 256 g/mol. The molecule has 0 bridgehead atoms. The Balaban J connectivity index is 0.00000144. The van der Waals surface area contributed by atoms with Gasteiger partial charge in [0.05, 0.1) is 13.0 Å². The van der Waals surface area contributed by atoms with E-state index in [0.717, 1.165) is 13.0 Å². The van der Waals surface area contributed by atoms with Crippen molar-refractivity contribution in [2.45, 2.75) is 12.3 Å². The van der Waals surface area contributed by atoms with E-state index in [1.54, 1.807) is 0 Å². The van der Waals surface area contributed by atoms with E-state index in [1.165, 1.54) is 12.7 Å². The molecule has 2 unspecified atom stereocenters. The lowest BCUT2D eigenvalue weighted by atomic mass is 9.81. The van der Waals surface area contributed by atoms with Crippen LogP contribution in [0.4, 0.5) is 0 Å². The third-order valence-electron chi connectivity index (χ3n) is 3.21. The number of carbonyl (C=O) groups excluding carboxylic acids is 1. The molecular formula is C13H18ClNO2.